The van der Waals surface area contributed by atoms with Gasteiger partial charge < -0.3 is 4.90 Å². The predicted molar refractivity (Wildman–Crippen MR) is 82.0 cm³/mol. The first-order valence-electron chi connectivity index (χ1n) is 6.18. The number of thiazole rings is 1. The molecule has 1 aliphatic heterocycles. The SMILES string of the molecule is CCN1C(=O)CS/C1=C(/C#N)c1nc2ccccc2s1. The van der Waals surface area contributed by atoms with E-state index in [1.165, 1.54) is 23.1 Å². The molecule has 1 saturated heterocycles. The molecular formula is C14H11N3OS2. The number of nitrogens with zero attached hydrogens (tertiary/aromatic N) is 3. The smallest absolute Gasteiger partial charge is 0.237 e. The summed E-state index contributed by atoms with van der Waals surface area (Å²) in [5.74, 6) is 0.459. The van der Waals surface area contributed by atoms with Crippen LogP contribution in [0.1, 0.15) is 11.9 Å². The van der Waals surface area contributed by atoms with Gasteiger partial charge in [0.2, 0.25) is 5.91 Å². The summed E-state index contributed by atoms with van der Waals surface area (Å²) < 4.78 is 1.05. The van der Waals surface area contributed by atoms with E-state index >= 15 is 0 Å². The second-order valence-corrected chi connectivity index (χ2v) is 6.20. The van der Waals surface area contributed by atoms with Crippen LogP contribution in [0.4, 0.5) is 0 Å². The van der Waals surface area contributed by atoms with Gasteiger partial charge in [-0.1, -0.05) is 23.9 Å². The number of carbonyl (C=O) groups excluding carboxylic acids is 1. The maximum atomic E-state index is 11.8. The molecule has 0 saturated carbocycles. The Hall–Kier alpha value is -1.84. The largest absolute Gasteiger partial charge is 0.305 e. The Labute approximate surface area is 124 Å². The number of para-hydroxylation sites is 1. The molecule has 4 nitrogen and oxygen atoms in total. The monoisotopic (exact) mass is 301 g/mol. The first-order chi connectivity index (χ1) is 9.74. The predicted octanol–water partition coefficient (Wildman–Crippen LogP) is 3.08. The summed E-state index contributed by atoms with van der Waals surface area (Å²) in [6, 6.07) is 10.0. The van der Waals surface area contributed by atoms with Gasteiger partial charge in [0.1, 0.15) is 16.6 Å². The van der Waals surface area contributed by atoms with Crippen LogP contribution in [0, 0.1) is 11.3 Å². The first-order valence-corrected chi connectivity index (χ1v) is 7.98. The van der Waals surface area contributed by atoms with Gasteiger partial charge >= 0.3 is 0 Å². The lowest BCUT2D eigenvalue weighted by Crippen LogP contribution is -2.24. The third kappa shape index (κ3) is 2.09. The van der Waals surface area contributed by atoms with Crippen LogP contribution in [0.5, 0.6) is 0 Å². The average molecular weight is 301 g/mol. The lowest BCUT2D eigenvalue weighted by Gasteiger charge is -2.14. The number of nitriles is 1. The van der Waals surface area contributed by atoms with Crippen LogP contribution in [-0.2, 0) is 4.79 Å². The maximum absolute atomic E-state index is 11.8. The number of amides is 1. The van der Waals surface area contributed by atoms with Crippen molar-refractivity contribution in [3.8, 4) is 6.07 Å². The van der Waals surface area contributed by atoms with E-state index in [1.807, 2.05) is 31.2 Å². The highest BCUT2D eigenvalue weighted by Crippen LogP contribution is 2.37. The fourth-order valence-electron chi connectivity index (χ4n) is 2.09. The number of benzene rings is 1. The van der Waals surface area contributed by atoms with Crippen LogP contribution in [0.3, 0.4) is 0 Å². The van der Waals surface area contributed by atoms with Gasteiger partial charge in [-0.2, -0.15) is 5.26 Å². The molecule has 0 spiro atoms. The lowest BCUT2D eigenvalue weighted by molar-refractivity contribution is -0.125. The molecule has 1 aromatic carbocycles. The topological polar surface area (TPSA) is 57.0 Å². The van der Waals surface area contributed by atoms with Crippen molar-refractivity contribution in [2.45, 2.75) is 6.92 Å². The van der Waals surface area contributed by atoms with E-state index in [2.05, 4.69) is 11.1 Å². The minimum Gasteiger partial charge on any atom is -0.305 e. The van der Waals surface area contributed by atoms with Gasteiger partial charge in [-0.3, -0.25) is 4.79 Å². The Kier molecular flexibility index (Phi) is 3.47. The van der Waals surface area contributed by atoms with E-state index in [4.69, 9.17) is 0 Å². The molecule has 6 heteroatoms. The molecule has 0 N–H and O–H groups in total. The Morgan fingerprint density at radius 2 is 2.30 bits per heavy atom. The molecule has 1 fully saturated rings. The summed E-state index contributed by atoms with van der Waals surface area (Å²) in [5, 5.41) is 10.9. The Morgan fingerprint density at radius 3 is 3.00 bits per heavy atom. The lowest BCUT2D eigenvalue weighted by atomic mass is 10.3. The van der Waals surface area contributed by atoms with E-state index in [0.717, 1.165) is 15.2 Å². The highest BCUT2D eigenvalue weighted by Gasteiger charge is 2.29. The van der Waals surface area contributed by atoms with Crippen LogP contribution >= 0.6 is 23.1 Å². The van der Waals surface area contributed by atoms with Crippen LogP contribution < -0.4 is 0 Å². The molecule has 1 aliphatic rings. The highest BCUT2D eigenvalue weighted by atomic mass is 32.2. The van der Waals surface area contributed by atoms with Crippen molar-refractivity contribution in [2.75, 3.05) is 12.3 Å². The molecule has 0 bridgehead atoms. The first kappa shape index (κ1) is 13.2. The zero-order chi connectivity index (χ0) is 14.1. The third-order valence-corrected chi connectivity index (χ3v) is 5.17. The normalized spacial score (nSPS) is 17.6. The van der Waals surface area contributed by atoms with Crippen molar-refractivity contribution < 1.29 is 4.79 Å². The van der Waals surface area contributed by atoms with Gasteiger partial charge in [0.05, 0.1) is 21.0 Å². The Balaban J connectivity index is 2.14. The number of hydrogen-bond donors (Lipinski definition) is 0. The summed E-state index contributed by atoms with van der Waals surface area (Å²) in [6.45, 7) is 2.49. The van der Waals surface area contributed by atoms with Gasteiger partial charge in [0.25, 0.3) is 0 Å². The minimum atomic E-state index is 0.0568. The highest BCUT2D eigenvalue weighted by molar-refractivity contribution is 8.04. The molecule has 1 amide bonds. The molecule has 0 aliphatic carbocycles. The van der Waals surface area contributed by atoms with Crippen molar-refractivity contribution in [3.05, 3.63) is 34.3 Å². The quantitative estimate of drug-likeness (QED) is 0.800. The number of rotatable bonds is 2. The average Bonchev–Trinajstić information content (AvgIpc) is 3.03. The van der Waals surface area contributed by atoms with E-state index in [9.17, 15) is 10.1 Å². The number of hydrogen-bond acceptors (Lipinski definition) is 5. The van der Waals surface area contributed by atoms with E-state index < -0.39 is 0 Å². The molecule has 2 aromatic rings. The summed E-state index contributed by atoms with van der Waals surface area (Å²) in [4.78, 5) is 18.0. The number of allylic oxidation sites excluding steroid dienone is 1. The van der Waals surface area contributed by atoms with Gasteiger partial charge in [-0.25, -0.2) is 4.98 Å². The van der Waals surface area contributed by atoms with Gasteiger partial charge in [-0.05, 0) is 19.1 Å². The van der Waals surface area contributed by atoms with Crippen molar-refractivity contribution in [1.82, 2.24) is 9.88 Å². The van der Waals surface area contributed by atoms with Crippen molar-refractivity contribution in [2.24, 2.45) is 0 Å². The van der Waals surface area contributed by atoms with E-state index in [-0.39, 0.29) is 5.91 Å². The van der Waals surface area contributed by atoms with Crippen molar-refractivity contribution >= 4 is 44.8 Å². The molecule has 0 atom stereocenters. The van der Waals surface area contributed by atoms with Gasteiger partial charge in [0.15, 0.2) is 0 Å². The van der Waals surface area contributed by atoms with Crippen molar-refractivity contribution in [1.29, 1.82) is 5.26 Å². The summed E-state index contributed by atoms with van der Waals surface area (Å²) in [5.41, 5.74) is 1.39. The molecule has 3 rings (SSSR count). The number of thioether (sulfide) groups is 1. The minimum absolute atomic E-state index is 0.0568. The molecule has 0 radical (unpaired) electrons. The summed E-state index contributed by atoms with van der Waals surface area (Å²) in [7, 11) is 0. The summed E-state index contributed by atoms with van der Waals surface area (Å²) >= 11 is 2.91. The van der Waals surface area contributed by atoms with E-state index in [0.29, 0.717) is 22.9 Å². The van der Waals surface area contributed by atoms with Crippen molar-refractivity contribution in [3.63, 3.8) is 0 Å². The van der Waals surface area contributed by atoms with Crippen LogP contribution in [0.15, 0.2) is 29.3 Å². The standard InChI is InChI=1S/C14H11N3OS2/c1-2-17-12(18)8-19-14(17)9(7-15)13-16-10-5-3-4-6-11(10)20-13/h3-6H,2,8H2,1H3/b14-9-. The Morgan fingerprint density at radius 1 is 1.50 bits per heavy atom. The fraction of sp³-hybridized carbons (Fsp3) is 0.214. The van der Waals surface area contributed by atoms with Crippen LogP contribution in [-0.4, -0.2) is 28.1 Å². The number of carbonyl (C=O) groups is 1. The second-order valence-electron chi connectivity index (χ2n) is 4.21. The summed E-state index contributed by atoms with van der Waals surface area (Å²) in [6.07, 6.45) is 0. The molecule has 1 aromatic heterocycles. The molecule has 100 valence electrons. The maximum Gasteiger partial charge on any atom is 0.237 e. The molecule has 20 heavy (non-hydrogen) atoms. The van der Waals surface area contributed by atoms with Crippen LogP contribution in [0.25, 0.3) is 15.8 Å². The molecular weight excluding hydrogens is 290 g/mol. The van der Waals surface area contributed by atoms with Crippen LogP contribution in [0.2, 0.25) is 0 Å². The number of aromatic nitrogens is 1. The fourth-order valence-corrected chi connectivity index (χ4v) is 4.21. The Bertz CT molecular complexity index is 724. The third-order valence-electron chi connectivity index (χ3n) is 3.03. The van der Waals surface area contributed by atoms with Gasteiger partial charge in [0, 0.05) is 6.54 Å². The van der Waals surface area contributed by atoms with Gasteiger partial charge in [-0.15, -0.1) is 11.3 Å². The second kappa shape index (κ2) is 5.27. The zero-order valence-electron chi connectivity index (χ0n) is 10.8. The zero-order valence-corrected chi connectivity index (χ0v) is 12.4. The molecule has 2 heterocycles. The number of fused-ring (bicyclic) bond motifs is 1. The van der Waals surface area contributed by atoms with E-state index in [1.54, 1.807) is 4.90 Å². The molecule has 0 unspecified atom stereocenters.